The first-order valence-corrected chi connectivity index (χ1v) is 7.61. The minimum atomic E-state index is -0.731. The number of aromatic nitrogens is 2. The average Bonchev–Trinajstić information content (AvgIpc) is 3.15. The molecule has 1 aromatic heterocycles. The molecular weight excluding hydrogens is 340 g/mol. The van der Waals surface area contributed by atoms with Gasteiger partial charge < -0.3 is 23.7 Å². The van der Waals surface area contributed by atoms with E-state index in [1.54, 1.807) is 31.4 Å². The smallest absolute Gasteiger partial charge is 0.342 e. The van der Waals surface area contributed by atoms with Crippen LogP contribution in [0.25, 0.3) is 11.5 Å². The van der Waals surface area contributed by atoms with E-state index in [-0.39, 0.29) is 23.8 Å². The van der Waals surface area contributed by atoms with Crippen LogP contribution in [-0.4, -0.2) is 35.5 Å². The number of carbonyl (C=O) groups is 1. The lowest BCUT2D eigenvalue weighted by Gasteiger charge is -2.06. The van der Waals surface area contributed by atoms with E-state index in [0.29, 0.717) is 23.0 Å². The largest absolute Gasteiger partial charge is 0.507 e. The maximum Gasteiger partial charge on any atom is 0.342 e. The number of esters is 1. The molecule has 8 nitrogen and oxygen atoms in total. The predicted octanol–water partition coefficient (Wildman–Crippen LogP) is 2.82. The van der Waals surface area contributed by atoms with Crippen LogP contribution in [0.3, 0.4) is 0 Å². The van der Waals surface area contributed by atoms with Gasteiger partial charge in [-0.05, 0) is 42.5 Å². The van der Waals surface area contributed by atoms with Crippen LogP contribution in [0.15, 0.2) is 46.9 Å². The summed E-state index contributed by atoms with van der Waals surface area (Å²) in [7, 11) is 3.04. The summed E-state index contributed by atoms with van der Waals surface area (Å²) in [5, 5.41) is 17.5. The Bertz CT molecular complexity index is 904. The van der Waals surface area contributed by atoms with Crippen LogP contribution in [-0.2, 0) is 11.3 Å². The Morgan fingerprint density at radius 1 is 1.04 bits per heavy atom. The molecule has 0 amide bonds. The molecule has 0 fully saturated rings. The number of phenols is 1. The summed E-state index contributed by atoms with van der Waals surface area (Å²) in [6, 6.07) is 11.4. The van der Waals surface area contributed by atoms with Gasteiger partial charge in [0.25, 0.3) is 5.89 Å². The monoisotopic (exact) mass is 356 g/mol. The van der Waals surface area contributed by atoms with Crippen molar-refractivity contribution in [1.82, 2.24) is 10.2 Å². The molecule has 8 heteroatoms. The third-order valence-electron chi connectivity index (χ3n) is 3.55. The number of benzene rings is 2. The third-order valence-corrected chi connectivity index (χ3v) is 3.55. The molecule has 3 rings (SSSR count). The highest BCUT2D eigenvalue weighted by Gasteiger charge is 2.16. The summed E-state index contributed by atoms with van der Waals surface area (Å²) >= 11 is 0. The van der Waals surface area contributed by atoms with Crippen molar-refractivity contribution in [3.8, 4) is 28.7 Å². The van der Waals surface area contributed by atoms with Crippen LogP contribution in [0.1, 0.15) is 16.2 Å². The number of phenolic OH excluding ortho intramolecular Hbond substituents is 1. The molecule has 0 saturated carbocycles. The molecule has 0 unspecified atom stereocenters. The lowest BCUT2D eigenvalue weighted by atomic mass is 10.2. The molecular formula is C18H16N2O6. The normalized spacial score (nSPS) is 10.4. The third kappa shape index (κ3) is 3.75. The molecule has 2 aromatic carbocycles. The fourth-order valence-electron chi connectivity index (χ4n) is 2.17. The SMILES string of the molecule is COc1ccc(-c2nnc(COC(=O)c3cc(OC)ccc3O)o2)cc1. The first-order valence-electron chi connectivity index (χ1n) is 7.61. The van der Waals surface area contributed by atoms with E-state index in [4.69, 9.17) is 18.6 Å². The van der Waals surface area contributed by atoms with Crippen molar-refractivity contribution in [2.45, 2.75) is 6.61 Å². The van der Waals surface area contributed by atoms with Gasteiger partial charge in [0.2, 0.25) is 5.89 Å². The first-order chi connectivity index (χ1) is 12.6. The molecule has 0 bridgehead atoms. The van der Waals surface area contributed by atoms with Gasteiger partial charge >= 0.3 is 5.97 Å². The number of carbonyl (C=O) groups excluding carboxylic acids is 1. The summed E-state index contributed by atoms with van der Waals surface area (Å²) in [6.07, 6.45) is 0. The lowest BCUT2D eigenvalue weighted by molar-refractivity contribution is 0.0435. The highest BCUT2D eigenvalue weighted by atomic mass is 16.5. The van der Waals surface area contributed by atoms with Gasteiger partial charge in [-0.25, -0.2) is 4.79 Å². The lowest BCUT2D eigenvalue weighted by Crippen LogP contribution is -2.06. The quantitative estimate of drug-likeness (QED) is 0.672. The first kappa shape index (κ1) is 17.3. The van der Waals surface area contributed by atoms with E-state index < -0.39 is 5.97 Å². The summed E-state index contributed by atoms with van der Waals surface area (Å²) in [5.41, 5.74) is 0.695. The zero-order valence-corrected chi connectivity index (χ0v) is 14.1. The predicted molar refractivity (Wildman–Crippen MR) is 90.1 cm³/mol. The number of rotatable bonds is 6. The van der Waals surface area contributed by atoms with E-state index in [0.717, 1.165) is 0 Å². The Morgan fingerprint density at radius 3 is 2.42 bits per heavy atom. The van der Waals surface area contributed by atoms with Gasteiger partial charge in [0.05, 0.1) is 14.2 Å². The molecule has 0 saturated heterocycles. The number of nitrogens with zero attached hydrogens (tertiary/aromatic N) is 2. The van der Waals surface area contributed by atoms with Crippen LogP contribution in [0, 0.1) is 0 Å². The highest BCUT2D eigenvalue weighted by molar-refractivity contribution is 5.92. The van der Waals surface area contributed by atoms with E-state index in [2.05, 4.69) is 10.2 Å². The van der Waals surface area contributed by atoms with Crippen molar-refractivity contribution >= 4 is 5.97 Å². The minimum absolute atomic E-state index is 0.0146. The van der Waals surface area contributed by atoms with E-state index in [1.165, 1.54) is 25.3 Å². The zero-order valence-electron chi connectivity index (χ0n) is 14.1. The van der Waals surface area contributed by atoms with Crippen molar-refractivity contribution in [3.05, 3.63) is 53.9 Å². The molecule has 134 valence electrons. The van der Waals surface area contributed by atoms with Gasteiger partial charge in [-0.3, -0.25) is 0 Å². The minimum Gasteiger partial charge on any atom is -0.507 e. The zero-order chi connectivity index (χ0) is 18.5. The Hall–Kier alpha value is -3.55. The van der Waals surface area contributed by atoms with Crippen LogP contribution in [0.5, 0.6) is 17.2 Å². The van der Waals surface area contributed by atoms with E-state index >= 15 is 0 Å². The molecule has 26 heavy (non-hydrogen) atoms. The topological polar surface area (TPSA) is 104 Å². The Balaban J connectivity index is 1.67. The highest BCUT2D eigenvalue weighted by Crippen LogP contribution is 2.24. The van der Waals surface area contributed by atoms with Gasteiger partial charge in [-0.2, -0.15) is 0 Å². The Labute approximate surface area is 149 Å². The number of methoxy groups -OCH3 is 2. The number of ether oxygens (including phenoxy) is 3. The molecule has 0 aliphatic heterocycles. The molecule has 0 spiro atoms. The average molecular weight is 356 g/mol. The van der Waals surface area contributed by atoms with Crippen molar-refractivity contribution in [2.75, 3.05) is 14.2 Å². The molecule has 3 aromatic rings. The fraction of sp³-hybridized carbons (Fsp3) is 0.167. The summed E-state index contributed by atoms with van der Waals surface area (Å²) in [6.45, 7) is -0.224. The molecule has 0 aliphatic carbocycles. The van der Waals surface area contributed by atoms with Crippen molar-refractivity contribution in [3.63, 3.8) is 0 Å². The maximum atomic E-state index is 12.1. The van der Waals surface area contributed by atoms with Crippen molar-refractivity contribution < 1.29 is 28.5 Å². The standard InChI is InChI=1S/C18H16N2O6/c1-23-12-5-3-11(4-6-12)17-20-19-16(26-17)10-25-18(22)14-9-13(24-2)7-8-15(14)21/h3-9,21H,10H2,1-2H3. The van der Waals surface area contributed by atoms with Crippen LogP contribution in [0.4, 0.5) is 0 Å². The number of hydrogen-bond donors (Lipinski definition) is 1. The van der Waals surface area contributed by atoms with Crippen LogP contribution in [0.2, 0.25) is 0 Å². The molecule has 0 atom stereocenters. The maximum absolute atomic E-state index is 12.1. The summed E-state index contributed by atoms with van der Waals surface area (Å²) in [4.78, 5) is 12.1. The Kier molecular flexibility index (Phi) is 5.02. The summed E-state index contributed by atoms with van der Waals surface area (Å²) < 4.78 is 20.7. The molecule has 0 aliphatic rings. The number of aromatic hydroxyl groups is 1. The van der Waals surface area contributed by atoms with Gasteiger partial charge in [0.1, 0.15) is 22.8 Å². The molecule has 1 N–H and O–H groups in total. The molecule has 1 heterocycles. The van der Waals surface area contributed by atoms with Crippen LogP contribution < -0.4 is 9.47 Å². The van der Waals surface area contributed by atoms with Gasteiger partial charge in [0, 0.05) is 5.56 Å². The van der Waals surface area contributed by atoms with Crippen molar-refractivity contribution in [2.24, 2.45) is 0 Å². The Morgan fingerprint density at radius 2 is 1.73 bits per heavy atom. The fourth-order valence-corrected chi connectivity index (χ4v) is 2.17. The van der Waals surface area contributed by atoms with Gasteiger partial charge in [-0.1, -0.05) is 0 Å². The summed E-state index contributed by atoms with van der Waals surface area (Å²) in [5.74, 6) is 0.621. The van der Waals surface area contributed by atoms with E-state index in [1.807, 2.05) is 0 Å². The van der Waals surface area contributed by atoms with E-state index in [9.17, 15) is 9.90 Å². The van der Waals surface area contributed by atoms with Crippen LogP contribution >= 0.6 is 0 Å². The second kappa shape index (κ2) is 7.56. The van der Waals surface area contributed by atoms with Crippen molar-refractivity contribution in [1.29, 1.82) is 0 Å². The second-order valence-electron chi connectivity index (χ2n) is 5.19. The van der Waals surface area contributed by atoms with Gasteiger partial charge in [-0.15, -0.1) is 10.2 Å². The van der Waals surface area contributed by atoms with Gasteiger partial charge in [0.15, 0.2) is 6.61 Å². The second-order valence-corrected chi connectivity index (χ2v) is 5.19. The number of hydrogen-bond acceptors (Lipinski definition) is 8. The molecule has 0 radical (unpaired) electrons.